The molecule has 0 aliphatic rings. The van der Waals surface area contributed by atoms with Gasteiger partial charge in [-0.25, -0.2) is 4.79 Å². The van der Waals surface area contributed by atoms with E-state index in [1.165, 1.54) is 19.3 Å². The molecule has 0 rings (SSSR count). The molecular weight excluding hydrogens is 190 g/mol. The maximum absolute atomic E-state index is 11.1. The zero-order chi connectivity index (χ0) is 11.7. The Balaban J connectivity index is 3.45. The van der Waals surface area contributed by atoms with Gasteiger partial charge < -0.3 is 4.74 Å². The SMILES string of the molecule is C=C(C)C(=O)OC(N)CCCCCCC. The molecule has 0 aromatic carbocycles. The predicted octanol–water partition coefficient (Wildman–Crippen LogP) is 2.75. The molecule has 0 radical (unpaired) electrons. The number of hydrogen-bond acceptors (Lipinski definition) is 3. The van der Waals surface area contributed by atoms with Crippen LogP contribution in [0.25, 0.3) is 0 Å². The lowest BCUT2D eigenvalue weighted by Crippen LogP contribution is -2.27. The van der Waals surface area contributed by atoms with E-state index in [9.17, 15) is 4.79 Å². The van der Waals surface area contributed by atoms with E-state index in [1.807, 2.05) is 0 Å². The second-order valence-corrected chi connectivity index (χ2v) is 3.93. The molecule has 0 aliphatic carbocycles. The second-order valence-electron chi connectivity index (χ2n) is 3.93. The number of unbranched alkanes of at least 4 members (excludes halogenated alkanes) is 4. The van der Waals surface area contributed by atoms with Crippen LogP contribution in [0.2, 0.25) is 0 Å². The highest BCUT2D eigenvalue weighted by atomic mass is 16.6. The summed E-state index contributed by atoms with van der Waals surface area (Å²) in [6, 6.07) is 0. The van der Waals surface area contributed by atoms with E-state index in [0.717, 1.165) is 19.3 Å². The third kappa shape index (κ3) is 8.18. The molecule has 2 N–H and O–H groups in total. The summed E-state index contributed by atoms with van der Waals surface area (Å²) < 4.78 is 4.96. The van der Waals surface area contributed by atoms with Crippen molar-refractivity contribution in [1.29, 1.82) is 0 Å². The van der Waals surface area contributed by atoms with Crippen LogP contribution in [-0.4, -0.2) is 12.2 Å². The largest absolute Gasteiger partial charge is 0.443 e. The molecule has 0 saturated heterocycles. The predicted molar refractivity (Wildman–Crippen MR) is 62.3 cm³/mol. The van der Waals surface area contributed by atoms with Crippen molar-refractivity contribution in [2.24, 2.45) is 5.73 Å². The molecule has 1 atom stereocenters. The molecule has 0 saturated carbocycles. The average molecular weight is 213 g/mol. The fraction of sp³-hybridized carbons (Fsp3) is 0.750. The number of carbonyl (C=O) groups excluding carboxylic acids is 1. The van der Waals surface area contributed by atoms with Crippen molar-refractivity contribution in [2.75, 3.05) is 0 Å². The first-order valence-electron chi connectivity index (χ1n) is 5.70. The molecule has 0 heterocycles. The minimum atomic E-state index is -0.476. The van der Waals surface area contributed by atoms with Gasteiger partial charge in [-0.3, -0.25) is 5.73 Å². The standard InChI is InChI=1S/C12H23NO2/c1-4-5-6-7-8-9-11(13)15-12(14)10(2)3/h11H,2,4-9,13H2,1,3H3. The Kier molecular flexibility index (Phi) is 8.01. The summed E-state index contributed by atoms with van der Waals surface area (Å²) in [7, 11) is 0. The van der Waals surface area contributed by atoms with Crippen molar-refractivity contribution in [1.82, 2.24) is 0 Å². The fourth-order valence-electron chi connectivity index (χ4n) is 1.25. The van der Waals surface area contributed by atoms with Crippen LogP contribution in [0.1, 0.15) is 52.4 Å². The number of rotatable bonds is 8. The Morgan fingerprint density at radius 1 is 1.33 bits per heavy atom. The molecule has 1 unspecified atom stereocenters. The molecule has 0 aliphatic heterocycles. The zero-order valence-corrected chi connectivity index (χ0v) is 9.92. The quantitative estimate of drug-likeness (QED) is 0.292. The van der Waals surface area contributed by atoms with Crippen LogP contribution in [0, 0.1) is 0 Å². The van der Waals surface area contributed by atoms with Gasteiger partial charge in [-0.2, -0.15) is 0 Å². The molecule has 0 aromatic rings. The third-order valence-corrected chi connectivity index (χ3v) is 2.20. The summed E-state index contributed by atoms with van der Waals surface area (Å²) >= 11 is 0. The normalized spacial score (nSPS) is 12.2. The van der Waals surface area contributed by atoms with Crippen molar-refractivity contribution in [3.63, 3.8) is 0 Å². The summed E-state index contributed by atoms with van der Waals surface area (Å²) in [5, 5.41) is 0. The van der Waals surface area contributed by atoms with Crippen LogP contribution in [0.3, 0.4) is 0 Å². The summed E-state index contributed by atoms with van der Waals surface area (Å²) in [4.78, 5) is 11.1. The van der Waals surface area contributed by atoms with Crippen LogP contribution < -0.4 is 5.73 Å². The molecular formula is C12H23NO2. The van der Waals surface area contributed by atoms with Gasteiger partial charge in [0, 0.05) is 5.57 Å². The second kappa shape index (κ2) is 8.48. The lowest BCUT2D eigenvalue weighted by molar-refractivity contribution is -0.144. The number of carbonyl (C=O) groups is 1. The smallest absolute Gasteiger partial charge is 0.334 e. The van der Waals surface area contributed by atoms with E-state index in [-0.39, 0.29) is 0 Å². The Morgan fingerprint density at radius 2 is 1.93 bits per heavy atom. The number of hydrogen-bond donors (Lipinski definition) is 1. The first-order chi connectivity index (χ1) is 7.07. The van der Waals surface area contributed by atoms with E-state index in [0.29, 0.717) is 5.57 Å². The fourth-order valence-corrected chi connectivity index (χ4v) is 1.25. The van der Waals surface area contributed by atoms with Crippen molar-refractivity contribution in [3.05, 3.63) is 12.2 Å². The molecule has 3 nitrogen and oxygen atoms in total. The molecule has 0 fully saturated rings. The van der Waals surface area contributed by atoms with Crippen LogP contribution in [-0.2, 0) is 9.53 Å². The summed E-state index contributed by atoms with van der Waals surface area (Å²) in [6.07, 6.45) is 6.17. The molecule has 15 heavy (non-hydrogen) atoms. The van der Waals surface area contributed by atoms with Crippen molar-refractivity contribution >= 4 is 5.97 Å². The molecule has 0 spiro atoms. The van der Waals surface area contributed by atoms with E-state index in [1.54, 1.807) is 6.92 Å². The van der Waals surface area contributed by atoms with E-state index in [2.05, 4.69) is 13.5 Å². The van der Waals surface area contributed by atoms with Crippen molar-refractivity contribution < 1.29 is 9.53 Å². The molecule has 88 valence electrons. The van der Waals surface area contributed by atoms with E-state index >= 15 is 0 Å². The average Bonchev–Trinajstić information content (AvgIpc) is 2.17. The first-order valence-corrected chi connectivity index (χ1v) is 5.70. The van der Waals surface area contributed by atoms with Gasteiger partial charge in [-0.15, -0.1) is 0 Å². The van der Waals surface area contributed by atoms with Crippen LogP contribution in [0.15, 0.2) is 12.2 Å². The number of ether oxygens (including phenoxy) is 1. The van der Waals surface area contributed by atoms with Gasteiger partial charge in [0.15, 0.2) is 6.23 Å². The number of nitrogens with two attached hydrogens (primary N) is 1. The number of esters is 1. The minimum Gasteiger partial charge on any atom is -0.443 e. The van der Waals surface area contributed by atoms with Gasteiger partial charge >= 0.3 is 5.97 Å². The maximum Gasteiger partial charge on any atom is 0.334 e. The Hall–Kier alpha value is -0.830. The topological polar surface area (TPSA) is 52.3 Å². The molecule has 0 amide bonds. The van der Waals surface area contributed by atoms with Gasteiger partial charge in [0.2, 0.25) is 0 Å². The highest BCUT2D eigenvalue weighted by molar-refractivity contribution is 5.87. The Labute approximate surface area is 92.7 Å². The third-order valence-electron chi connectivity index (χ3n) is 2.20. The van der Waals surface area contributed by atoms with Gasteiger partial charge in [0.05, 0.1) is 0 Å². The molecule has 3 heteroatoms. The minimum absolute atomic E-state index is 0.393. The van der Waals surface area contributed by atoms with Crippen LogP contribution in [0.5, 0.6) is 0 Å². The summed E-state index contributed by atoms with van der Waals surface area (Å²) in [5.41, 5.74) is 6.04. The van der Waals surface area contributed by atoms with Gasteiger partial charge in [-0.1, -0.05) is 39.2 Å². The zero-order valence-electron chi connectivity index (χ0n) is 9.92. The lowest BCUT2D eigenvalue weighted by Gasteiger charge is -2.12. The molecule has 0 aromatic heterocycles. The van der Waals surface area contributed by atoms with Crippen LogP contribution >= 0.6 is 0 Å². The summed E-state index contributed by atoms with van der Waals surface area (Å²) in [5.74, 6) is -0.393. The first kappa shape index (κ1) is 14.2. The van der Waals surface area contributed by atoms with Gasteiger partial charge in [-0.05, 0) is 19.8 Å². The van der Waals surface area contributed by atoms with Gasteiger partial charge in [0.25, 0.3) is 0 Å². The highest BCUT2D eigenvalue weighted by Crippen LogP contribution is 2.07. The summed E-state index contributed by atoms with van der Waals surface area (Å²) in [6.45, 7) is 7.30. The Bertz CT molecular complexity index is 202. The van der Waals surface area contributed by atoms with Crippen LogP contribution in [0.4, 0.5) is 0 Å². The van der Waals surface area contributed by atoms with E-state index in [4.69, 9.17) is 10.5 Å². The van der Waals surface area contributed by atoms with Crippen molar-refractivity contribution in [3.8, 4) is 0 Å². The lowest BCUT2D eigenvalue weighted by atomic mass is 10.1. The van der Waals surface area contributed by atoms with E-state index < -0.39 is 12.2 Å². The molecule has 0 bridgehead atoms. The van der Waals surface area contributed by atoms with Crippen molar-refractivity contribution in [2.45, 2.75) is 58.6 Å². The monoisotopic (exact) mass is 213 g/mol. The Morgan fingerprint density at radius 3 is 2.47 bits per heavy atom. The highest BCUT2D eigenvalue weighted by Gasteiger charge is 2.09. The maximum atomic E-state index is 11.1. The van der Waals surface area contributed by atoms with Gasteiger partial charge in [0.1, 0.15) is 0 Å².